The Morgan fingerprint density at radius 3 is 2.55 bits per heavy atom. The molecule has 2 atom stereocenters. The quantitative estimate of drug-likeness (QED) is 0.871. The standard InChI is InChI=1S/C15H23NO3S/c1-12(3-4-13-5-7-14(17)8-6-13)16-15(2)9-10-20(18,19)11-15/h5-8,12,16-17H,3-4,9-11H2,1-2H3. The van der Waals surface area contributed by atoms with Gasteiger partial charge in [0.15, 0.2) is 9.84 Å². The first-order chi connectivity index (χ1) is 9.28. The molecule has 0 aliphatic carbocycles. The summed E-state index contributed by atoms with van der Waals surface area (Å²) < 4.78 is 23.2. The van der Waals surface area contributed by atoms with Crippen molar-refractivity contribution in [2.75, 3.05) is 11.5 Å². The molecule has 2 N–H and O–H groups in total. The van der Waals surface area contributed by atoms with Crippen LogP contribution < -0.4 is 5.32 Å². The second kappa shape index (κ2) is 5.74. The molecular formula is C15H23NO3S. The summed E-state index contributed by atoms with van der Waals surface area (Å²) in [5, 5.41) is 12.7. The topological polar surface area (TPSA) is 66.4 Å². The van der Waals surface area contributed by atoms with Crippen LogP contribution in [0.5, 0.6) is 5.75 Å². The molecule has 1 saturated heterocycles. The molecule has 0 bridgehead atoms. The van der Waals surface area contributed by atoms with Gasteiger partial charge in [-0.3, -0.25) is 0 Å². The Morgan fingerprint density at radius 1 is 1.35 bits per heavy atom. The number of aromatic hydroxyl groups is 1. The van der Waals surface area contributed by atoms with Crippen molar-refractivity contribution in [2.24, 2.45) is 0 Å². The van der Waals surface area contributed by atoms with Crippen LogP contribution in [0, 0.1) is 0 Å². The number of sulfone groups is 1. The van der Waals surface area contributed by atoms with E-state index in [9.17, 15) is 13.5 Å². The number of hydrogen-bond donors (Lipinski definition) is 2. The Kier molecular flexibility index (Phi) is 4.39. The molecule has 1 aromatic carbocycles. The summed E-state index contributed by atoms with van der Waals surface area (Å²) in [6.45, 7) is 4.09. The van der Waals surface area contributed by atoms with Crippen molar-refractivity contribution in [1.29, 1.82) is 0 Å². The summed E-state index contributed by atoms with van der Waals surface area (Å²) in [6.07, 6.45) is 2.55. The largest absolute Gasteiger partial charge is 0.508 e. The normalized spacial score (nSPS) is 26.5. The highest BCUT2D eigenvalue weighted by Gasteiger charge is 2.38. The molecule has 1 fully saturated rings. The Labute approximate surface area is 121 Å². The van der Waals surface area contributed by atoms with Crippen LogP contribution in [-0.2, 0) is 16.3 Å². The fourth-order valence-electron chi connectivity index (χ4n) is 2.84. The first-order valence-electron chi connectivity index (χ1n) is 7.04. The van der Waals surface area contributed by atoms with E-state index < -0.39 is 9.84 Å². The second-order valence-corrected chi connectivity index (χ2v) is 8.34. The van der Waals surface area contributed by atoms with Gasteiger partial charge in [0, 0.05) is 11.6 Å². The summed E-state index contributed by atoms with van der Waals surface area (Å²) in [5.74, 6) is 0.814. The number of nitrogens with one attached hydrogen (secondary N) is 1. The smallest absolute Gasteiger partial charge is 0.152 e. The molecule has 0 saturated carbocycles. The van der Waals surface area contributed by atoms with Gasteiger partial charge >= 0.3 is 0 Å². The minimum absolute atomic E-state index is 0.240. The van der Waals surface area contributed by atoms with Gasteiger partial charge in [0.25, 0.3) is 0 Å². The molecular weight excluding hydrogens is 274 g/mol. The minimum atomic E-state index is -2.86. The number of rotatable bonds is 5. The first-order valence-corrected chi connectivity index (χ1v) is 8.86. The van der Waals surface area contributed by atoms with E-state index in [-0.39, 0.29) is 23.1 Å². The molecule has 1 heterocycles. The fraction of sp³-hybridized carbons (Fsp3) is 0.600. The average Bonchev–Trinajstić information content (AvgIpc) is 2.62. The van der Waals surface area contributed by atoms with Crippen LogP contribution in [-0.4, -0.2) is 36.6 Å². The summed E-state index contributed by atoms with van der Waals surface area (Å²) >= 11 is 0. The zero-order valence-electron chi connectivity index (χ0n) is 12.1. The molecule has 0 amide bonds. The summed E-state index contributed by atoms with van der Waals surface area (Å²) in [7, 11) is -2.86. The second-order valence-electron chi connectivity index (χ2n) is 6.15. The van der Waals surface area contributed by atoms with Crippen molar-refractivity contribution in [1.82, 2.24) is 5.32 Å². The van der Waals surface area contributed by atoms with Gasteiger partial charge in [0.2, 0.25) is 0 Å². The van der Waals surface area contributed by atoms with Gasteiger partial charge in [-0.2, -0.15) is 0 Å². The number of hydrogen-bond acceptors (Lipinski definition) is 4. The van der Waals surface area contributed by atoms with E-state index in [0.717, 1.165) is 12.8 Å². The molecule has 20 heavy (non-hydrogen) atoms. The van der Waals surface area contributed by atoms with E-state index >= 15 is 0 Å². The van der Waals surface area contributed by atoms with Gasteiger partial charge in [-0.25, -0.2) is 8.42 Å². The number of aryl methyl sites for hydroxylation is 1. The number of phenols is 1. The Morgan fingerprint density at radius 2 is 2.00 bits per heavy atom. The molecule has 5 heteroatoms. The van der Waals surface area contributed by atoms with Crippen LogP contribution in [0.2, 0.25) is 0 Å². The highest BCUT2D eigenvalue weighted by Crippen LogP contribution is 2.24. The van der Waals surface area contributed by atoms with Crippen molar-refractivity contribution < 1.29 is 13.5 Å². The molecule has 1 aliphatic rings. The van der Waals surface area contributed by atoms with Crippen LogP contribution >= 0.6 is 0 Å². The lowest BCUT2D eigenvalue weighted by Gasteiger charge is -2.28. The highest BCUT2D eigenvalue weighted by molar-refractivity contribution is 7.91. The molecule has 0 spiro atoms. The van der Waals surface area contributed by atoms with E-state index in [2.05, 4.69) is 12.2 Å². The van der Waals surface area contributed by atoms with Gasteiger partial charge in [0.05, 0.1) is 11.5 Å². The number of phenolic OH excluding ortho intramolecular Hbond substituents is 1. The average molecular weight is 297 g/mol. The zero-order valence-corrected chi connectivity index (χ0v) is 12.9. The third-order valence-electron chi connectivity index (χ3n) is 3.90. The van der Waals surface area contributed by atoms with Gasteiger partial charge in [-0.05, 0) is 50.8 Å². The van der Waals surface area contributed by atoms with Gasteiger partial charge < -0.3 is 10.4 Å². The van der Waals surface area contributed by atoms with Crippen LogP contribution in [0.3, 0.4) is 0 Å². The van der Waals surface area contributed by atoms with E-state index in [0.29, 0.717) is 12.2 Å². The molecule has 1 aromatic rings. The Balaban J connectivity index is 1.84. The summed E-state index contributed by atoms with van der Waals surface area (Å²) in [5.41, 5.74) is 0.897. The highest BCUT2D eigenvalue weighted by atomic mass is 32.2. The van der Waals surface area contributed by atoms with Crippen molar-refractivity contribution in [3.05, 3.63) is 29.8 Å². The zero-order chi connectivity index (χ0) is 14.8. The molecule has 0 radical (unpaired) electrons. The predicted octanol–water partition coefficient (Wildman–Crippen LogP) is 1.88. The lowest BCUT2D eigenvalue weighted by Crippen LogP contribution is -2.48. The van der Waals surface area contributed by atoms with Gasteiger partial charge in [0.1, 0.15) is 5.75 Å². The number of benzene rings is 1. The third kappa shape index (κ3) is 4.21. The molecule has 112 valence electrons. The third-order valence-corrected chi connectivity index (χ3v) is 5.80. The van der Waals surface area contributed by atoms with Crippen molar-refractivity contribution in [2.45, 2.75) is 44.7 Å². The van der Waals surface area contributed by atoms with E-state index in [4.69, 9.17) is 0 Å². The summed E-state index contributed by atoms with van der Waals surface area (Å²) in [6, 6.07) is 7.49. The van der Waals surface area contributed by atoms with E-state index in [1.54, 1.807) is 12.1 Å². The van der Waals surface area contributed by atoms with Crippen molar-refractivity contribution >= 4 is 9.84 Å². The maximum absolute atomic E-state index is 11.6. The minimum Gasteiger partial charge on any atom is -0.508 e. The van der Waals surface area contributed by atoms with Crippen LogP contribution in [0.25, 0.3) is 0 Å². The van der Waals surface area contributed by atoms with Gasteiger partial charge in [-0.1, -0.05) is 12.1 Å². The maximum atomic E-state index is 11.6. The predicted molar refractivity (Wildman–Crippen MR) is 80.7 cm³/mol. The Bertz CT molecular complexity index is 553. The molecule has 2 rings (SSSR count). The summed E-state index contributed by atoms with van der Waals surface area (Å²) in [4.78, 5) is 0. The lowest BCUT2D eigenvalue weighted by molar-refractivity contribution is 0.340. The van der Waals surface area contributed by atoms with Crippen LogP contribution in [0.15, 0.2) is 24.3 Å². The maximum Gasteiger partial charge on any atom is 0.152 e. The fourth-order valence-corrected chi connectivity index (χ4v) is 4.94. The first kappa shape index (κ1) is 15.3. The van der Waals surface area contributed by atoms with Gasteiger partial charge in [-0.15, -0.1) is 0 Å². The van der Waals surface area contributed by atoms with Crippen LogP contribution in [0.1, 0.15) is 32.3 Å². The van der Waals surface area contributed by atoms with Crippen molar-refractivity contribution in [3.63, 3.8) is 0 Å². The van der Waals surface area contributed by atoms with Crippen LogP contribution in [0.4, 0.5) is 0 Å². The molecule has 1 aliphatic heterocycles. The van der Waals surface area contributed by atoms with Crippen molar-refractivity contribution in [3.8, 4) is 5.75 Å². The lowest BCUT2D eigenvalue weighted by atomic mass is 9.98. The molecule has 0 aromatic heterocycles. The van der Waals surface area contributed by atoms with E-state index in [1.165, 1.54) is 5.56 Å². The Hall–Kier alpha value is -1.07. The molecule has 4 nitrogen and oxygen atoms in total. The SMILES string of the molecule is CC(CCc1ccc(O)cc1)NC1(C)CCS(=O)(=O)C1. The monoisotopic (exact) mass is 297 g/mol. The van der Waals surface area contributed by atoms with E-state index in [1.807, 2.05) is 19.1 Å². The molecule has 2 unspecified atom stereocenters.